The molecule has 29 heavy (non-hydrogen) atoms. The number of halogens is 2. The van der Waals surface area contributed by atoms with Gasteiger partial charge in [-0.05, 0) is 57.8 Å². The molecule has 4 rings (SSSR count). The summed E-state index contributed by atoms with van der Waals surface area (Å²) in [7, 11) is 0. The van der Waals surface area contributed by atoms with Gasteiger partial charge in [-0.15, -0.1) is 29.9 Å². The van der Waals surface area contributed by atoms with Gasteiger partial charge in [-0.25, -0.2) is 4.68 Å². The minimum absolute atomic E-state index is 0. The van der Waals surface area contributed by atoms with E-state index in [2.05, 4.69) is 50.1 Å². The molecule has 0 saturated carbocycles. The number of piperidine rings is 2. The molecule has 2 aromatic rings. The first-order valence-electron chi connectivity index (χ1n) is 9.96. The summed E-state index contributed by atoms with van der Waals surface area (Å²) in [5, 5.41) is 15.0. The van der Waals surface area contributed by atoms with Crippen LogP contribution < -0.4 is 15.5 Å². The summed E-state index contributed by atoms with van der Waals surface area (Å²) >= 11 is 0. The maximum absolute atomic E-state index is 12.8. The van der Waals surface area contributed by atoms with E-state index in [1.54, 1.807) is 0 Å². The molecular formula is C20H30Cl2N6O. The smallest absolute Gasteiger partial charge is 0.274 e. The molecule has 9 heteroatoms. The second-order valence-electron chi connectivity index (χ2n) is 7.54. The highest BCUT2D eigenvalue weighted by Gasteiger charge is 2.26. The van der Waals surface area contributed by atoms with Crippen molar-refractivity contribution in [2.75, 3.05) is 31.1 Å². The Balaban J connectivity index is 0.00000150. The van der Waals surface area contributed by atoms with E-state index in [0.29, 0.717) is 11.7 Å². The molecular weight excluding hydrogens is 411 g/mol. The van der Waals surface area contributed by atoms with Crippen molar-refractivity contribution in [2.45, 2.75) is 44.7 Å². The van der Waals surface area contributed by atoms with Crippen LogP contribution in [-0.4, -0.2) is 53.1 Å². The summed E-state index contributed by atoms with van der Waals surface area (Å²) in [5.41, 5.74) is 2.55. The van der Waals surface area contributed by atoms with E-state index in [-0.39, 0.29) is 36.8 Å². The number of carbonyl (C=O) groups excluding carboxylic acids is 1. The van der Waals surface area contributed by atoms with Crippen molar-refractivity contribution >= 4 is 36.4 Å². The minimum Gasteiger partial charge on any atom is -0.369 e. The molecule has 1 atom stereocenters. The van der Waals surface area contributed by atoms with Gasteiger partial charge in [-0.3, -0.25) is 4.79 Å². The Hall–Kier alpha value is -1.83. The van der Waals surface area contributed by atoms with Gasteiger partial charge in [0.05, 0.1) is 11.7 Å². The molecule has 1 unspecified atom stereocenters. The zero-order valence-electron chi connectivity index (χ0n) is 16.7. The predicted octanol–water partition coefficient (Wildman–Crippen LogP) is 2.75. The van der Waals surface area contributed by atoms with E-state index in [4.69, 9.17) is 0 Å². The van der Waals surface area contributed by atoms with Gasteiger partial charge in [0.2, 0.25) is 0 Å². The van der Waals surface area contributed by atoms with Gasteiger partial charge < -0.3 is 15.5 Å². The average Bonchev–Trinajstić information content (AvgIpc) is 3.11. The van der Waals surface area contributed by atoms with Crippen LogP contribution in [0, 0.1) is 6.92 Å². The molecule has 2 aliphatic rings. The number of carbonyl (C=O) groups is 1. The third-order valence-corrected chi connectivity index (χ3v) is 5.68. The van der Waals surface area contributed by atoms with E-state index in [1.807, 2.05) is 17.7 Å². The number of benzene rings is 1. The predicted molar refractivity (Wildman–Crippen MR) is 120 cm³/mol. The summed E-state index contributed by atoms with van der Waals surface area (Å²) < 4.78 is 1.94. The highest BCUT2D eigenvalue weighted by Crippen LogP contribution is 2.22. The second-order valence-corrected chi connectivity index (χ2v) is 7.54. The van der Waals surface area contributed by atoms with Crippen LogP contribution in [0.5, 0.6) is 0 Å². The fourth-order valence-electron chi connectivity index (χ4n) is 4.17. The van der Waals surface area contributed by atoms with E-state index in [0.717, 1.165) is 57.6 Å². The van der Waals surface area contributed by atoms with Gasteiger partial charge in [-0.2, -0.15) is 0 Å². The third kappa shape index (κ3) is 5.41. The number of nitrogens with one attached hydrogen (secondary N) is 2. The Kier molecular flexibility index (Phi) is 8.74. The number of nitrogens with zero attached hydrogens (tertiary/aromatic N) is 4. The second kappa shape index (κ2) is 10.8. The van der Waals surface area contributed by atoms with Crippen LogP contribution >= 0.6 is 24.8 Å². The quantitative estimate of drug-likeness (QED) is 0.764. The highest BCUT2D eigenvalue weighted by atomic mass is 35.5. The first kappa shape index (κ1) is 23.4. The van der Waals surface area contributed by atoms with Crippen molar-refractivity contribution in [3.63, 3.8) is 0 Å². The van der Waals surface area contributed by atoms with E-state index < -0.39 is 0 Å². The molecule has 7 nitrogen and oxygen atoms in total. The third-order valence-electron chi connectivity index (χ3n) is 5.68. The van der Waals surface area contributed by atoms with Crippen LogP contribution in [0.25, 0.3) is 0 Å². The number of aromatic nitrogens is 3. The SMILES string of the molecule is Cc1c(C(=O)NC2CCCN(c3ccccc3)C2)nnn1C1CCNCC1.Cl.Cl. The van der Waals surface area contributed by atoms with Gasteiger partial charge in [0.15, 0.2) is 5.69 Å². The molecule has 0 bridgehead atoms. The summed E-state index contributed by atoms with van der Waals surface area (Å²) in [4.78, 5) is 15.2. The monoisotopic (exact) mass is 440 g/mol. The zero-order chi connectivity index (χ0) is 18.6. The van der Waals surface area contributed by atoms with Crippen molar-refractivity contribution in [2.24, 2.45) is 0 Å². The summed E-state index contributed by atoms with van der Waals surface area (Å²) in [6, 6.07) is 10.9. The highest BCUT2D eigenvalue weighted by molar-refractivity contribution is 5.93. The van der Waals surface area contributed by atoms with Gasteiger partial charge >= 0.3 is 0 Å². The van der Waals surface area contributed by atoms with Gasteiger partial charge in [0.25, 0.3) is 5.91 Å². The number of rotatable bonds is 4. The molecule has 2 N–H and O–H groups in total. The molecule has 1 amide bonds. The van der Waals surface area contributed by atoms with E-state index >= 15 is 0 Å². The molecule has 3 heterocycles. The Morgan fingerprint density at radius 2 is 1.86 bits per heavy atom. The lowest BCUT2D eigenvalue weighted by atomic mass is 10.0. The lowest BCUT2D eigenvalue weighted by Crippen LogP contribution is -2.48. The average molecular weight is 441 g/mol. The zero-order valence-corrected chi connectivity index (χ0v) is 18.3. The molecule has 0 radical (unpaired) electrons. The van der Waals surface area contributed by atoms with Crippen molar-refractivity contribution in [3.05, 3.63) is 41.7 Å². The lowest BCUT2D eigenvalue weighted by molar-refractivity contribution is 0.0927. The van der Waals surface area contributed by atoms with Gasteiger partial charge in [0, 0.05) is 24.8 Å². The van der Waals surface area contributed by atoms with E-state index in [9.17, 15) is 4.79 Å². The first-order chi connectivity index (χ1) is 13.2. The van der Waals surface area contributed by atoms with Crippen molar-refractivity contribution in [1.82, 2.24) is 25.6 Å². The normalized spacial score (nSPS) is 19.8. The first-order valence-corrected chi connectivity index (χ1v) is 9.96. The molecule has 1 aromatic carbocycles. The number of amides is 1. The van der Waals surface area contributed by atoms with Crippen LogP contribution in [0.15, 0.2) is 30.3 Å². The summed E-state index contributed by atoms with van der Waals surface area (Å²) in [6.07, 6.45) is 4.12. The number of hydrogen-bond donors (Lipinski definition) is 2. The number of para-hydroxylation sites is 1. The topological polar surface area (TPSA) is 75.1 Å². The van der Waals surface area contributed by atoms with Crippen LogP contribution in [0.3, 0.4) is 0 Å². The van der Waals surface area contributed by atoms with Crippen molar-refractivity contribution in [1.29, 1.82) is 0 Å². The van der Waals surface area contributed by atoms with Crippen molar-refractivity contribution in [3.8, 4) is 0 Å². The van der Waals surface area contributed by atoms with Crippen LogP contribution in [-0.2, 0) is 0 Å². The van der Waals surface area contributed by atoms with E-state index in [1.165, 1.54) is 5.69 Å². The van der Waals surface area contributed by atoms with Crippen LogP contribution in [0.2, 0.25) is 0 Å². The maximum Gasteiger partial charge on any atom is 0.274 e. The molecule has 0 spiro atoms. The van der Waals surface area contributed by atoms with Gasteiger partial charge in [-0.1, -0.05) is 23.4 Å². The molecule has 160 valence electrons. The van der Waals surface area contributed by atoms with Crippen LogP contribution in [0.4, 0.5) is 5.69 Å². The Bertz CT molecular complexity index is 779. The Morgan fingerprint density at radius 1 is 1.14 bits per heavy atom. The van der Waals surface area contributed by atoms with Gasteiger partial charge in [0.1, 0.15) is 0 Å². The maximum atomic E-state index is 12.8. The summed E-state index contributed by atoms with van der Waals surface area (Å²) in [5.74, 6) is -0.104. The molecule has 1 aromatic heterocycles. The molecule has 2 saturated heterocycles. The number of hydrogen-bond acceptors (Lipinski definition) is 5. The fraction of sp³-hybridized carbons (Fsp3) is 0.550. The van der Waals surface area contributed by atoms with Crippen molar-refractivity contribution < 1.29 is 4.79 Å². The molecule has 0 aliphatic carbocycles. The largest absolute Gasteiger partial charge is 0.369 e. The number of anilines is 1. The Morgan fingerprint density at radius 3 is 2.59 bits per heavy atom. The summed E-state index contributed by atoms with van der Waals surface area (Å²) in [6.45, 7) is 5.79. The Labute approximate surface area is 184 Å². The van der Waals surface area contributed by atoms with Crippen LogP contribution in [0.1, 0.15) is 47.9 Å². The lowest BCUT2D eigenvalue weighted by Gasteiger charge is -2.34. The standard InChI is InChI=1S/C20H28N6O.2ClH/c1-15-19(23-24-26(15)18-9-11-21-12-10-18)20(27)22-16-6-5-13-25(14-16)17-7-3-2-4-8-17;;/h2-4,7-8,16,18,21H,5-6,9-14H2,1H3,(H,22,27);2*1H. The minimum atomic E-state index is -0.104. The molecule has 2 fully saturated rings. The fourth-order valence-corrected chi connectivity index (χ4v) is 4.17. The molecule has 2 aliphatic heterocycles.